The van der Waals surface area contributed by atoms with Crippen LogP contribution in [-0.4, -0.2) is 85.6 Å². The highest BCUT2D eigenvalue weighted by Gasteiger charge is 2.51. The van der Waals surface area contributed by atoms with Crippen molar-refractivity contribution in [1.29, 1.82) is 0 Å². The van der Waals surface area contributed by atoms with Gasteiger partial charge in [0.15, 0.2) is 5.60 Å². The summed E-state index contributed by atoms with van der Waals surface area (Å²) in [5, 5.41) is 19.5. The molecule has 194 valence electrons. The highest BCUT2D eigenvalue weighted by atomic mass is 32.2. The molecule has 2 unspecified atom stereocenters. The SMILES string of the molecule is CC(O)(c1ccc(S(=O)(=O)N2CCN(CC3(C4=CC=NCC4)CC3)CC2CCO)cc1)C(F)(F)F. The van der Waals surface area contributed by atoms with E-state index in [4.69, 9.17) is 0 Å². The molecule has 1 aromatic carbocycles. The molecule has 11 heteroatoms. The Labute approximate surface area is 204 Å². The highest BCUT2D eigenvalue weighted by Crippen LogP contribution is 2.54. The van der Waals surface area contributed by atoms with E-state index in [1.165, 1.54) is 9.88 Å². The lowest BCUT2D eigenvalue weighted by Crippen LogP contribution is -2.56. The molecule has 2 fully saturated rings. The first kappa shape index (κ1) is 26.3. The minimum absolute atomic E-state index is 0.127. The number of sulfonamides is 1. The number of hydrogen-bond donors (Lipinski definition) is 2. The van der Waals surface area contributed by atoms with Gasteiger partial charge in [0.1, 0.15) is 0 Å². The summed E-state index contributed by atoms with van der Waals surface area (Å²) in [6.07, 6.45) is 2.48. The number of halogens is 3. The predicted molar refractivity (Wildman–Crippen MR) is 126 cm³/mol. The van der Waals surface area contributed by atoms with Gasteiger partial charge in [-0.3, -0.25) is 9.89 Å². The van der Waals surface area contributed by atoms with Crippen LogP contribution in [0.1, 0.15) is 38.2 Å². The Morgan fingerprint density at radius 3 is 2.40 bits per heavy atom. The molecule has 0 aromatic heterocycles. The first-order chi connectivity index (χ1) is 16.4. The van der Waals surface area contributed by atoms with Gasteiger partial charge in [0.05, 0.1) is 4.90 Å². The van der Waals surface area contributed by atoms with E-state index in [1.54, 1.807) is 0 Å². The Bertz CT molecular complexity index is 1080. The predicted octanol–water partition coefficient (Wildman–Crippen LogP) is 2.69. The lowest BCUT2D eigenvalue weighted by atomic mass is 9.90. The Morgan fingerprint density at radius 1 is 1.17 bits per heavy atom. The van der Waals surface area contributed by atoms with Crippen LogP contribution in [-0.2, 0) is 15.6 Å². The van der Waals surface area contributed by atoms with Crippen molar-refractivity contribution < 1.29 is 31.8 Å². The summed E-state index contributed by atoms with van der Waals surface area (Å²) in [6.45, 7) is 3.33. The quantitative estimate of drug-likeness (QED) is 0.556. The van der Waals surface area contributed by atoms with Crippen molar-refractivity contribution in [2.45, 2.75) is 55.3 Å². The maximum Gasteiger partial charge on any atom is 0.421 e. The molecule has 1 saturated carbocycles. The molecule has 0 bridgehead atoms. The fraction of sp³-hybridized carbons (Fsp3) is 0.625. The summed E-state index contributed by atoms with van der Waals surface area (Å²) in [5.41, 5.74) is -1.99. The number of hydrogen-bond acceptors (Lipinski definition) is 6. The Hall–Kier alpha value is -1.79. The number of piperazine rings is 1. The summed E-state index contributed by atoms with van der Waals surface area (Å²) in [7, 11) is -4.00. The second-order valence-electron chi connectivity index (χ2n) is 9.89. The second-order valence-corrected chi connectivity index (χ2v) is 11.8. The van der Waals surface area contributed by atoms with Crippen LogP contribution in [0.2, 0.25) is 0 Å². The van der Waals surface area contributed by atoms with Gasteiger partial charge in [0.2, 0.25) is 10.0 Å². The molecular weight excluding hydrogens is 483 g/mol. The van der Waals surface area contributed by atoms with Gasteiger partial charge in [-0.15, -0.1) is 0 Å². The standard InChI is InChI=1S/C24H32F3N3O4S/c1-22(32,24(25,26)27)18-2-4-21(5-3-18)35(33,34)30-14-13-29(16-20(30)8-15-31)17-23(9-10-23)19-6-11-28-12-7-19/h2-6,11,20,31-32H,7-10,12-17H2,1H3. The molecule has 4 rings (SSSR count). The molecule has 1 saturated heterocycles. The van der Waals surface area contributed by atoms with Crippen LogP contribution in [0.25, 0.3) is 0 Å². The molecule has 3 aliphatic rings. The molecule has 0 amide bonds. The monoisotopic (exact) mass is 515 g/mol. The third kappa shape index (κ3) is 5.20. The van der Waals surface area contributed by atoms with Gasteiger partial charge in [-0.2, -0.15) is 17.5 Å². The molecule has 2 N–H and O–H groups in total. The summed E-state index contributed by atoms with van der Waals surface area (Å²) in [5.74, 6) is 0. The molecule has 1 aliphatic carbocycles. The number of benzene rings is 1. The number of rotatable bonds is 8. The van der Waals surface area contributed by atoms with Gasteiger partial charge < -0.3 is 10.2 Å². The number of nitrogens with zero attached hydrogens (tertiary/aromatic N) is 3. The molecule has 2 atom stereocenters. The maximum atomic E-state index is 13.4. The number of aliphatic imine (C=N–C) groups is 1. The lowest BCUT2D eigenvalue weighted by molar-refractivity contribution is -0.258. The number of aliphatic hydroxyl groups excluding tert-OH is 1. The third-order valence-electron chi connectivity index (χ3n) is 7.50. The van der Waals surface area contributed by atoms with E-state index in [0.717, 1.165) is 56.6 Å². The normalized spacial score (nSPS) is 25.2. The minimum Gasteiger partial charge on any atom is -0.396 e. The van der Waals surface area contributed by atoms with E-state index in [2.05, 4.69) is 16.0 Å². The molecule has 35 heavy (non-hydrogen) atoms. The number of alkyl halides is 3. The van der Waals surface area contributed by atoms with E-state index in [-0.39, 0.29) is 29.9 Å². The van der Waals surface area contributed by atoms with E-state index in [0.29, 0.717) is 20.0 Å². The Morgan fingerprint density at radius 2 is 1.86 bits per heavy atom. The van der Waals surface area contributed by atoms with Crippen molar-refractivity contribution >= 4 is 16.2 Å². The van der Waals surface area contributed by atoms with Crippen LogP contribution < -0.4 is 0 Å². The van der Waals surface area contributed by atoms with Crippen LogP contribution in [0.5, 0.6) is 0 Å². The number of dihydropyridines is 1. The zero-order valence-corrected chi connectivity index (χ0v) is 20.5. The Balaban J connectivity index is 1.49. The van der Waals surface area contributed by atoms with Crippen LogP contribution >= 0.6 is 0 Å². The van der Waals surface area contributed by atoms with Crippen molar-refractivity contribution in [2.75, 3.05) is 39.3 Å². The van der Waals surface area contributed by atoms with E-state index >= 15 is 0 Å². The van der Waals surface area contributed by atoms with Crippen molar-refractivity contribution in [2.24, 2.45) is 10.4 Å². The van der Waals surface area contributed by atoms with Gasteiger partial charge in [-0.05, 0) is 56.4 Å². The first-order valence-corrected chi connectivity index (χ1v) is 13.3. The molecule has 7 nitrogen and oxygen atoms in total. The second kappa shape index (κ2) is 9.59. The van der Waals surface area contributed by atoms with Gasteiger partial charge in [0.25, 0.3) is 0 Å². The van der Waals surface area contributed by atoms with Crippen molar-refractivity contribution in [3.8, 4) is 0 Å². The molecule has 2 aliphatic heterocycles. The average molecular weight is 516 g/mol. The zero-order chi connectivity index (χ0) is 25.5. The van der Waals surface area contributed by atoms with Crippen LogP contribution in [0.3, 0.4) is 0 Å². The fourth-order valence-electron chi connectivity index (χ4n) is 5.08. The van der Waals surface area contributed by atoms with E-state index in [9.17, 15) is 31.8 Å². The molecular formula is C24H32F3N3O4S. The smallest absolute Gasteiger partial charge is 0.396 e. The van der Waals surface area contributed by atoms with Crippen LogP contribution in [0.15, 0.2) is 45.8 Å². The van der Waals surface area contributed by atoms with Crippen molar-refractivity contribution in [3.63, 3.8) is 0 Å². The van der Waals surface area contributed by atoms with Crippen LogP contribution in [0.4, 0.5) is 13.2 Å². The minimum atomic E-state index is -4.89. The topological polar surface area (TPSA) is 93.4 Å². The zero-order valence-electron chi connectivity index (χ0n) is 19.7. The van der Waals surface area contributed by atoms with Gasteiger partial charge in [-0.1, -0.05) is 17.7 Å². The van der Waals surface area contributed by atoms with Crippen LogP contribution in [0, 0.1) is 5.41 Å². The third-order valence-corrected chi connectivity index (χ3v) is 9.47. The molecule has 0 radical (unpaired) electrons. The summed E-state index contributed by atoms with van der Waals surface area (Å²) in [6, 6.07) is 3.74. The van der Waals surface area contributed by atoms with Gasteiger partial charge in [0, 0.05) is 57.0 Å². The van der Waals surface area contributed by atoms with Crippen molar-refractivity contribution in [1.82, 2.24) is 9.21 Å². The molecule has 1 aromatic rings. The maximum absolute atomic E-state index is 13.4. The Kier molecular flexibility index (Phi) is 7.20. The number of allylic oxidation sites excluding steroid dienone is 1. The average Bonchev–Trinajstić information content (AvgIpc) is 3.60. The summed E-state index contributed by atoms with van der Waals surface area (Å²) >= 11 is 0. The molecule has 2 heterocycles. The largest absolute Gasteiger partial charge is 0.421 e. The fourth-order valence-corrected chi connectivity index (χ4v) is 6.72. The number of aliphatic hydroxyl groups is 2. The summed E-state index contributed by atoms with van der Waals surface area (Å²) < 4.78 is 67.6. The van der Waals surface area contributed by atoms with E-state index in [1.807, 2.05) is 6.21 Å². The molecule has 0 spiro atoms. The van der Waals surface area contributed by atoms with Crippen molar-refractivity contribution in [3.05, 3.63) is 41.5 Å². The highest BCUT2D eigenvalue weighted by molar-refractivity contribution is 7.89. The van der Waals surface area contributed by atoms with Gasteiger partial charge >= 0.3 is 6.18 Å². The lowest BCUT2D eigenvalue weighted by Gasteiger charge is -2.42. The summed E-state index contributed by atoms with van der Waals surface area (Å²) in [4.78, 5) is 6.38. The van der Waals surface area contributed by atoms with E-state index < -0.39 is 33.4 Å². The van der Waals surface area contributed by atoms with Gasteiger partial charge in [-0.25, -0.2) is 8.42 Å². The first-order valence-electron chi connectivity index (χ1n) is 11.8.